The molecule has 222 valence electrons. The van der Waals surface area contributed by atoms with Gasteiger partial charge in [0.05, 0.1) is 11.9 Å². The van der Waals surface area contributed by atoms with E-state index in [-0.39, 0.29) is 29.5 Å². The van der Waals surface area contributed by atoms with Gasteiger partial charge in [-0.3, -0.25) is 14.4 Å². The molecular formula is C33H39N3O5S. The molecule has 0 unspecified atom stereocenters. The molecule has 3 amide bonds. The number of rotatable bonds is 9. The van der Waals surface area contributed by atoms with Crippen LogP contribution in [0, 0.1) is 20.8 Å². The molecule has 1 aliphatic heterocycles. The van der Waals surface area contributed by atoms with Gasteiger partial charge < -0.3 is 25.7 Å². The summed E-state index contributed by atoms with van der Waals surface area (Å²) in [6, 6.07) is 18.5. The fourth-order valence-electron chi connectivity index (χ4n) is 5.27. The molecule has 0 saturated carbocycles. The average molecular weight is 590 g/mol. The van der Waals surface area contributed by atoms with Crippen LogP contribution in [0.25, 0.3) is 0 Å². The summed E-state index contributed by atoms with van der Waals surface area (Å²) in [6.45, 7) is 9.53. The highest BCUT2D eigenvalue weighted by Gasteiger charge is 2.49. The molecule has 0 radical (unpaired) electrons. The van der Waals surface area contributed by atoms with Crippen LogP contribution < -0.4 is 10.6 Å². The number of aliphatic hydroxyl groups excluding tert-OH is 1. The van der Waals surface area contributed by atoms with Gasteiger partial charge in [0.25, 0.3) is 11.8 Å². The van der Waals surface area contributed by atoms with E-state index in [0.29, 0.717) is 17.7 Å². The van der Waals surface area contributed by atoms with Crippen molar-refractivity contribution in [3.05, 3.63) is 100 Å². The maximum atomic E-state index is 13.9. The summed E-state index contributed by atoms with van der Waals surface area (Å²) in [7, 11) is 0. The van der Waals surface area contributed by atoms with Gasteiger partial charge in [-0.05, 0) is 75.4 Å². The van der Waals surface area contributed by atoms with Crippen LogP contribution in [0.3, 0.4) is 0 Å². The first-order valence-electron chi connectivity index (χ1n) is 14.0. The monoisotopic (exact) mass is 589 g/mol. The average Bonchev–Trinajstić information content (AvgIpc) is 3.28. The van der Waals surface area contributed by atoms with Crippen LogP contribution in [0.5, 0.6) is 5.75 Å². The highest BCUT2D eigenvalue weighted by Crippen LogP contribution is 2.40. The number of thioether (sulfide) groups is 1. The van der Waals surface area contributed by atoms with Crippen LogP contribution in [0.15, 0.2) is 66.7 Å². The first-order valence-corrected chi connectivity index (χ1v) is 15.0. The normalized spacial score (nSPS) is 17.4. The van der Waals surface area contributed by atoms with Crippen molar-refractivity contribution < 1.29 is 24.6 Å². The molecule has 9 heteroatoms. The standard InChI is InChI=1S/C33H39N3O5S/c1-20-15-25(22(3)27(37)16-20)30(39)35-26(17-23-12-7-6-8-13-23)28(38)32(41)36-19-42-33(4,5)29(36)31(40)34-18-24-14-10-9-11-21(24)2/h6-16,26,28-29,37-38H,17-19H2,1-5H3,(H,34,40)(H,35,39)/t26-,28-,29+/m0/s1. The number of aliphatic hydroxyl groups is 1. The Labute approximate surface area is 251 Å². The number of carbonyl (C=O) groups excluding carboxylic acids is 3. The Hall–Kier alpha value is -3.82. The zero-order chi connectivity index (χ0) is 30.6. The second kappa shape index (κ2) is 13.0. The summed E-state index contributed by atoms with van der Waals surface area (Å²) in [6.07, 6.45) is -1.43. The number of phenolic OH excluding ortho intramolecular Hbond substituents is 1. The number of hydrogen-bond donors (Lipinski definition) is 4. The first-order chi connectivity index (χ1) is 19.9. The van der Waals surface area contributed by atoms with Crippen LogP contribution >= 0.6 is 11.8 Å². The number of carbonyl (C=O) groups is 3. The lowest BCUT2D eigenvalue weighted by atomic mass is 9.96. The molecule has 3 aromatic rings. The molecule has 1 saturated heterocycles. The van der Waals surface area contributed by atoms with E-state index in [1.807, 2.05) is 75.4 Å². The Morgan fingerprint density at radius 2 is 1.69 bits per heavy atom. The minimum atomic E-state index is -1.62. The molecule has 1 fully saturated rings. The van der Waals surface area contributed by atoms with Crippen LogP contribution in [-0.2, 0) is 22.6 Å². The van der Waals surface area contributed by atoms with E-state index in [0.717, 1.165) is 16.7 Å². The van der Waals surface area contributed by atoms with Gasteiger partial charge in [0.1, 0.15) is 11.8 Å². The van der Waals surface area contributed by atoms with Crippen molar-refractivity contribution in [1.29, 1.82) is 0 Å². The fraction of sp³-hybridized carbons (Fsp3) is 0.364. The van der Waals surface area contributed by atoms with Gasteiger partial charge in [-0.15, -0.1) is 11.8 Å². The van der Waals surface area contributed by atoms with Gasteiger partial charge >= 0.3 is 0 Å². The van der Waals surface area contributed by atoms with E-state index in [2.05, 4.69) is 10.6 Å². The number of aryl methyl sites for hydroxylation is 2. The predicted molar refractivity (Wildman–Crippen MR) is 165 cm³/mol. The fourth-order valence-corrected chi connectivity index (χ4v) is 6.41. The SMILES string of the molecule is Cc1cc(O)c(C)c(C(=O)N[C@@H](Cc2ccccc2)[C@H](O)C(=O)N2CSC(C)(C)[C@H]2C(=O)NCc2ccccc2C)c1. The largest absolute Gasteiger partial charge is 0.508 e. The minimum Gasteiger partial charge on any atom is -0.508 e. The molecule has 3 atom stereocenters. The lowest BCUT2D eigenvalue weighted by molar-refractivity contribution is -0.147. The molecule has 1 aliphatic rings. The molecule has 4 rings (SSSR count). The Morgan fingerprint density at radius 1 is 1.02 bits per heavy atom. The molecule has 0 aromatic heterocycles. The number of benzene rings is 3. The summed E-state index contributed by atoms with van der Waals surface area (Å²) < 4.78 is -0.598. The molecule has 1 heterocycles. The Bertz CT molecular complexity index is 1460. The maximum Gasteiger partial charge on any atom is 0.254 e. The second-order valence-corrected chi connectivity index (χ2v) is 13.0. The highest BCUT2D eigenvalue weighted by atomic mass is 32.2. The second-order valence-electron chi connectivity index (χ2n) is 11.4. The maximum absolute atomic E-state index is 13.9. The molecular weight excluding hydrogens is 550 g/mol. The molecule has 4 N–H and O–H groups in total. The van der Waals surface area contributed by atoms with Gasteiger partial charge in [0.2, 0.25) is 5.91 Å². The Kier molecular flexibility index (Phi) is 9.64. The minimum absolute atomic E-state index is 0.00717. The van der Waals surface area contributed by atoms with Gasteiger partial charge in [-0.1, -0.05) is 54.6 Å². The third-order valence-electron chi connectivity index (χ3n) is 7.81. The predicted octanol–water partition coefficient (Wildman–Crippen LogP) is 4.02. The highest BCUT2D eigenvalue weighted by molar-refractivity contribution is 8.00. The molecule has 42 heavy (non-hydrogen) atoms. The number of nitrogens with one attached hydrogen (secondary N) is 2. The summed E-state index contributed by atoms with van der Waals surface area (Å²) in [5, 5.41) is 27.6. The quantitative estimate of drug-likeness (QED) is 0.300. The van der Waals surface area contributed by atoms with E-state index in [1.54, 1.807) is 26.0 Å². The number of nitrogens with zero attached hydrogens (tertiary/aromatic N) is 1. The van der Waals surface area contributed by atoms with E-state index < -0.39 is 34.7 Å². The molecule has 8 nitrogen and oxygen atoms in total. The summed E-state index contributed by atoms with van der Waals surface area (Å²) in [5.74, 6) is -1.23. The molecule has 0 spiro atoms. The van der Waals surface area contributed by atoms with Gasteiger partial charge in [0, 0.05) is 22.4 Å². The van der Waals surface area contributed by atoms with Gasteiger partial charge in [-0.25, -0.2) is 0 Å². The number of amides is 3. The third-order valence-corrected chi connectivity index (χ3v) is 9.18. The van der Waals surface area contributed by atoms with Crippen molar-refractivity contribution in [3.63, 3.8) is 0 Å². The summed E-state index contributed by atoms with van der Waals surface area (Å²) in [4.78, 5) is 42.2. The third kappa shape index (κ3) is 6.97. The van der Waals surface area contributed by atoms with Crippen molar-refractivity contribution >= 4 is 29.5 Å². The lowest BCUT2D eigenvalue weighted by Crippen LogP contribution is -2.58. The van der Waals surface area contributed by atoms with Crippen LogP contribution in [0.1, 0.15) is 52.0 Å². The Morgan fingerprint density at radius 3 is 2.38 bits per heavy atom. The lowest BCUT2D eigenvalue weighted by Gasteiger charge is -2.33. The molecule has 3 aromatic carbocycles. The van der Waals surface area contributed by atoms with E-state index in [4.69, 9.17) is 0 Å². The van der Waals surface area contributed by atoms with E-state index in [9.17, 15) is 24.6 Å². The summed E-state index contributed by atoms with van der Waals surface area (Å²) >= 11 is 1.46. The van der Waals surface area contributed by atoms with E-state index in [1.165, 1.54) is 16.7 Å². The molecule has 0 aliphatic carbocycles. The first kappa shape index (κ1) is 31.1. The van der Waals surface area contributed by atoms with Crippen LogP contribution in [0.4, 0.5) is 0 Å². The zero-order valence-electron chi connectivity index (χ0n) is 24.7. The summed E-state index contributed by atoms with van der Waals surface area (Å²) in [5.41, 5.74) is 4.22. The molecule has 0 bridgehead atoms. The number of hydrogen-bond acceptors (Lipinski definition) is 6. The van der Waals surface area contributed by atoms with Crippen LogP contribution in [-0.4, -0.2) is 61.6 Å². The van der Waals surface area contributed by atoms with Crippen molar-refractivity contribution in [2.24, 2.45) is 0 Å². The Balaban J connectivity index is 1.57. The number of phenols is 1. The smallest absolute Gasteiger partial charge is 0.254 e. The van der Waals surface area contributed by atoms with Crippen molar-refractivity contribution in [3.8, 4) is 5.75 Å². The van der Waals surface area contributed by atoms with Crippen LogP contribution in [0.2, 0.25) is 0 Å². The zero-order valence-corrected chi connectivity index (χ0v) is 25.5. The van der Waals surface area contributed by atoms with Crippen molar-refractivity contribution in [1.82, 2.24) is 15.5 Å². The van der Waals surface area contributed by atoms with Gasteiger partial charge in [-0.2, -0.15) is 0 Å². The topological polar surface area (TPSA) is 119 Å². The number of aromatic hydroxyl groups is 1. The van der Waals surface area contributed by atoms with Crippen molar-refractivity contribution in [2.75, 3.05) is 5.88 Å². The van der Waals surface area contributed by atoms with E-state index >= 15 is 0 Å². The van der Waals surface area contributed by atoms with Crippen molar-refractivity contribution in [2.45, 2.75) is 70.5 Å². The van der Waals surface area contributed by atoms with Gasteiger partial charge in [0.15, 0.2) is 6.10 Å².